The first-order chi connectivity index (χ1) is 36.5. The van der Waals surface area contributed by atoms with Crippen LogP contribution in [0.4, 0.5) is 0 Å². The molecule has 1 atom stereocenters. The third-order valence-corrected chi connectivity index (χ3v) is 12.7. The maximum atomic E-state index is 12.8. The summed E-state index contributed by atoms with van der Waals surface area (Å²) in [6.07, 6.45) is 85.1. The molecular weight excluding hydrogens is 913 g/mol. The monoisotopic (exact) mass is 1020 g/mol. The van der Waals surface area contributed by atoms with Crippen LogP contribution in [0.25, 0.3) is 0 Å². The first-order valence-corrected chi connectivity index (χ1v) is 30.5. The first-order valence-electron chi connectivity index (χ1n) is 30.5. The largest absolute Gasteiger partial charge is 0.462 e. The minimum absolute atomic E-state index is 0.0889. The third kappa shape index (κ3) is 58.7. The summed E-state index contributed by atoms with van der Waals surface area (Å²) in [5.74, 6) is -0.923. The molecule has 0 spiro atoms. The van der Waals surface area contributed by atoms with Crippen molar-refractivity contribution >= 4 is 17.9 Å². The van der Waals surface area contributed by atoms with E-state index in [0.29, 0.717) is 19.3 Å². The van der Waals surface area contributed by atoms with E-state index in [1.54, 1.807) is 0 Å². The molecule has 0 N–H and O–H groups in total. The van der Waals surface area contributed by atoms with Crippen LogP contribution in [0.15, 0.2) is 122 Å². The highest BCUT2D eigenvalue weighted by molar-refractivity contribution is 5.71. The van der Waals surface area contributed by atoms with Crippen molar-refractivity contribution in [2.75, 3.05) is 13.2 Å². The highest BCUT2D eigenvalue weighted by atomic mass is 16.6. The lowest BCUT2D eigenvalue weighted by Crippen LogP contribution is -2.30. The first kappa shape index (κ1) is 69.8. The molecule has 0 amide bonds. The van der Waals surface area contributed by atoms with Gasteiger partial charge in [-0.15, -0.1) is 0 Å². The van der Waals surface area contributed by atoms with Crippen LogP contribution in [0, 0.1) is 0 Å². The molecule has 6 heteroatoms. The molecule has 1 unspecified atom stereocenters. The molecule has 0 aromatic rings. The van der Waals surface area contributed by atoms with Gasteiger partial charge >= 0.3 is 17.9 Å². The maximum absolute atomic E-state index is 12.8. The molecule has 0 aliphatic rings. The summed E-state index contributed by atoms with van der Waals surface area (Å²) in [4.78, 5) is 38.0. The number of hydrogen-bond donors (Lipinski definition) is 0. The zero-order valence-electron chi connectivity index (χ0n) is 48.1. The number of carbonyl (C=O) groups is 3. The van der Waals surface area contributed by atoms with Crippen molar-refractivity contribution in [1.29, 1.82) is 0 Å². The average Bonchev–Trinajstić information content (AvgIpc) is 3.40. The van der Waals surface area contributed by atoms with E-state index in [4.69, 9.17) is 14.2 Å². The molecule has 0 aliphatic carbocycles. The molecule has 0 fully saturated rings. The highest BCUT2D eigenvalue weighted by Gasteiger charge is 2.19. The Balaban J connectivity index is 4.19. The molecule has 0 radical (unpaired) electrons. The Morgan fingerprint density at radius 2 is 0.527 bits per heavy atom. The third-order valence-electron chi connectivity index (χ3n) is 12.7. The smallest absolute Gasteiger partial charge is 0.306 e. The highest BCUT2D eigenvalue weighted by Crippen LogP contribution is 2.14. The van der Waals surface area contributed by atoms with Crippen molar-refractivity contribution in [1.82, 2.24) is 0 Å². The number of esters is 3. The maximum Gasteiger partial charge on any atom is 0.306 e. The van der Waals surface area contributed by atoms with Gasteiger partial charge in [0.05, 0.1) is 0 Å². The lowest BCUT2D eigenvalue weighted by atomic mass is 10.1. The van der Waals surface area contributed by atoms with Gasteiger partial charge in [0.25, 0.3) is 0 Å². The fourth-order valence-corrected chi connectivity index (χ4v) is 8.13. The summed E-state index contributed by atoms with van der Waals surface area (Å²) in [5, 5.41) is 0. The molecule has 0 aromatic heterocycles. The van der Waals surface area contributed by atoms with Crippen molar-refractivity contribution in [2.45, 2.75) is 277 Å². The molecule has 0 aliphatic heterocycles. The Hall–Kier alpha value is -4.19. The number of rotatable bonds is 54. The quantitative estimate of drug-likeness (QED) is 0.0261. The predicted octanol–water partition coefficient (Wildman–Crippen LogP) is 20.8. The zero-order chi connectivity index (χ0) is 53.6. The molecule has 0 saturated carbocycles. The topological polar surface area (TPSA) is 78.9 Å². The number of carbonyl (C=O) groups excluding carboxylic acids is 3. The number of unbranched alkanes of at least 4 members (excludes halogenated alkanes) is 23. The van der Waals surface area contributed by atoms with E-state index in [-0.39, 0.29) is 31.1 Å². The van der Waals surface area contributed by atoms with Crippen molar-refractivity contribution in [3.05, 3.63) is 122 Å². The standard InChI is InChI=1S/C68H112O6/c1-4-7-10-13-16-18-20-22-24-26-28-30-31-32-33-34-35-36-37-39-40-42-44-46-48-50-52-55-58-61-67(70)73-64-65(63-72-66(69)60-57-54-15-12-9-6-3)74-68(71)62-59-56-53-51-49-47-45-43-41-38-29-27-25-23-21-19-17-14-11-8-5-2/h7,10,16,18,21-24,27-30,32-33,35-36,39-41,43,65H,4-6,8-9,11-15,17,19-20,25-26,31,34,37-38,42,44-64H2,1-3H3/b10-7-,18-16-,23-21-,24-22-,29-27-,30-28-,33-32-,36-35-,40-39-,43-41-. The Bertz CT molecular complexity index is 1550. The van der Waals surface area contributed by atoms with Crippen LogP contribution < -0.4 is 0 Å². The minimum Gasteiger partial charge on any atom is -0.462 e. The van der Waals surface area contributed by atoms with Crippen LogP contribution in [0.1, 0.15) is 271 Å². The molecule has 74 heavy (non-hydrogen) atoms. The molecule has 0 aromatic carbocycles. The Morgan fingerprint density at radius 1 is 0.284 bits per heavy atom. The van der Waals surface area contributed by atoms with E-state index < -0.39 is 6.10 Å². The molecule has 0 saturated heterocycles. The predicted molar refractivity (Wildman–Crippen MR) is 320 cm³/mol. The van der Waals surface area contributed by atoms with Gasteiger partial charge < -0.3 is 14.2 Å². The molecule has 0 bridgehead atoms. The second kappa shape index (κ2) is 61.4. The number of ether oxygens (including phenoxy) is 3. The van der Waals surface area contributed by atoms with Crippen molar-refractivity contribution in [3.63, 3.8) is 0 Å². The van der Waals surface area contributed by atoms with Gasteiger partial charge in [-0.25, -0.2) is 0 Å². The van der Waals surface area contributed by atoms with Crippen LogP contribution in [-0.4, -0.2) is 37.2 Å². The summed E-state index contributed by atoms with van der Waals surface area (Å²) >= 11 is 0. The molecule has 420 valence electrons. The second-order valence-corrected chi connectivity index (χ2v) is 19.9. The van der Waals surface area contributed by atoms with Gasteiger partial charge in [-0.05, 0) is 116 Å². The lowest BCUT2D eigenvalue weighted by molar-refractivity contribution is -0.167. The summed E-state index contributed by atoms with van der Waals surface area (Å²) in [7, 11) is 0. The Morgan fingerprint density at radius 3 is 0.824 bits per heavy atom. The van der Waals surface area contributed by atoms with E-state index in [0.717, 1.165) is 135 Å². The molecule has 0 rings (SSSR count). The van der Waals surface area contributed by atoms with Gasteiger partial charge in [-0.3, -0.25) is 14.4 Å². The van der Waals surface area contributed by atoms with Gasteiger partial charge in [0.2, 0.25) is 0 Å². The minimum atomic E-state index is -0.790. The van der Waals surface area contributed by atoms with Crippen molar-refractivity contribution < 1.29 is 28.6 Å². The van der Waals surface area contributed by atoms with Crippen LogP contribution in [-0.2, 0) is 28.6 Å². The van der Waals surface area contributed by atoms with Gasteiger partial charge in [-0.2, -0.15) is 0 Å². The summed E-state index contributed by atoms with van der Waals surface area (Å²) < 4.78 is 16.8. The SMILES string of the molecule is CC/C=C\C/C=C\C/C=C\C/C=C\C/C=C\C/C=C\C/C=C\CCCCCCCCCC(=O)OCC(COC(=O)CCCCCCCC)OC(=O)CCCCCCCC/C=C\C/C=C\C/C=C\CCCCCCC. The summed E-state index contributed by atoms with van der Waals surface area (Å²) in [5.41, 5.74) is 0. The molecule has 6 nitrogen and oxygen atoms in total. The van der Waals surface area contributed by atoms with Gasteiger partial charge in [0, 0.05) is 19.3 Å². The van der Waals surface area contributed by atoms with Crippen LogP contribution >= 0.6 is 0 Å². The zero-order valence-corrected chi connectivity index (χ0v) is 48.1. The lowest BCUT2D eigenvalue weighted by Gasteiger charge is -2.18. The van der Waals surface area contributed by atoms with E-state index in [1.165, 1.54) is 96.3 Å². The van der Waals surface area contributed by atoms with E-state index in [2.05, 4.69) is 142 Å². The number of allylic oxidation sites excluding steroid dienone is 20. The second-order valence-electron chi connectivity index (χ2n) is 19.9. The Kier molecular flexibility index (Phi) is 57.9. The molecule has 0 heterocycles. The number of hydrogen-bond acceptors (Lipinski definition) is 6. The van der Waals surface area contributed by atoms with Crippen LogP contribution in [0.3, 0.4) is 0 Å². The van der Waals surface area contributed by atoms with Gasteiger partial charge in [0.15, 0.2) is 6.10 Å². The van der Waals surface area contributed by atoms with Crippen molar-refractivity contribution in [3.8, 4) is 0 Å². The van der Waals surface area contributed by atoms with Crippen LogP contribution in [0.5, 0.6) is 0 Å². The van der Waals surface area contributed by atoms with Gasteiger partial charge in [0.1, 0.15) is 13.2 Å². The van der Waals surface area contributed by atoms with Crippen molar-refractivity contribution in [2.24, 2.45) is 0 Å². The Labute approximate surface area is 456 Å². The average molecular weight is 1030 g/mol. The van der Waals surface area contributed by atoms with Crippen LogP contribution in [0.2, 0.25) is 0 Å². The van der Waals surface area contributed by atoms with Gasteiger partial charge in [-0.1, -0.05) is 258 Å². The van der Waals surface area contributed by atoms with E-state index >= 15 is 0 Å². The van der Waals surface area contributed by atoms with E-state index in [9.17, 15) is 14.4 Å². The summed E-state index contributed by atoms with van der Waals surface area (Å²) in [6, 6.07) is 0. The summed E-state index contributed by atoms with van der Waals surface area (Å²) in [6.45, 7) is 6.43. The normalized spacial score (nSPS) is 13.0. The molecular formula is C68H112O6. The fourth-order valence-electron chi connectivity index (χ4n) is 8.13. The van der Waals surface area contributed by atoms with E-state index in [1.807, 2.05) is 0 Å². The fraction of sp³-hybridized carbons (Fsp3) is 0.662.